The number of hydrogen-bond donors (Lipinski definition) is 2. The number of hydrogen-bond acceptors (Lipinski definition) is 2. The molecule has 1 atom stereocenters. The van der Waals surface area contributed by atoms with Crippen LogP contribution in [0, 0.1) is 5.92 Å². The molecule has 0 bridgehead atoms. The third-order valence-corrected chi connectivity index (χ3v) is 2.20. The van der Waals surface area contributed by atoms with Crippen molar-refractivity contribution in [1.82, 2.24) is 5.32 Å². The van der Waals surface area contributed by atoms with Crippen molar-refractivity contribution in [3.63, 3.8) is 0 Å². The minimum absolute atomic E-state index is 0.311. The lowest BCUT2D eigenvalue weighted by Gasteiger charge is -2.30. The monoisotopic (exact) mass is 143 g/mol. The summed E-state index contributed by atoms with van der Waals surface area (Å²) in [6.07, 6.45) is 3.33. The van der Waals surface area contributed by atoms with Crippen LogP contribution >= 0.6 is 0 Å². The van der Waals surface area contributed by atoms with Gasteiger partial charge < -0.3 is 10.4 Å². The van der Waals surface area contributed by atoms with E-state index >= 15 is 0 Å². The van der Waals surface area contributed by atoms with Gasteiger partial charge in [-0.05, 0) is 25.8 Å². The number of nitrogens with one attached hydrogen (secondary N) is 1. The summed E-state index contributed by atoms with van der Waals surface area (Å²) in [6, 6.07) is -0.311. The van der Waals surface area contributed by atoms with Crippen molar-refractivity contribution in [2.24, 2.45) is 5.92 Å². The SMILES string of the molecule is CNC(C(=O)O)C1CCC1. The van der Waals surface area contributed by atoms with Gasteiger partial charge in [0.2, 0.25) is 0 Å². The largest absolute Gasteiger partial charge is 0.480 e. The normalized spacial score (nSPS) is 21.7. The Labute approximate surface area is 60.4 Å². The summed E-state index contributed by atoms with van der Waals surface area (Å²) in [4.78, 5) is 10.5. The molecule has 0 aromatic heterocycles. The van der Waals surface area contributed by atoms with Crippen molar-refractivity contribution < 1.29 is 9.90 Å². The van der Waals surface area contributed by atoms with Gasteiger partial charge in [-0.1, -0.05) is 6.42 Å². The van der Waals surface area contributed by atoms with Crippen molar-refractivity contribution in [2.75, 3.05) is 7.05 Å². The lowest BCUT2D eigenvalue weighted by molar-refractivity contribution is -0.141. The molecule has 0 aromatic rings. The Morgan fingerprint density at radius 2 is 2.30 bits per heavy atom. The average molecular weight is 143 g/mol. The molecule has 58 valence electrons. The van der Waals surface area contributed by atoms with Crippen LogP contribution in [0.5, 0.6) is 0 Å². The summed E-state index contributed by atoms with van der Waals surface area (Å²) in [5.74, 6) is -0.338. The van der Waals surface area contributed by atoms with Crippen LogP contribution in [0.25, 0.3) is 0 Å². The molecule has 0 radical (unpaired) electrons. The van der Waals surface area contributed by atoms with Gasteiger partial charge in [-0.2, -0.15) is 0 Å². The van der Waals surface area contributed by atoms with Gasteiger partial charge in [0.05, 0.1) is 0 Å². The van der Waals surface area contributed by atoms with Crippen LogP contribution in [0.3, 0.4) is 0 Å². The van der Waals surface area contributed by atoms with Crippen molar-refractivity contribution >= 4 is 5.97 Å². The van der Waals surface area contributed by atoms with Crippen LogP contribution in [-0.4, -0.2) is 24.2 Å². The lowest BCUT2D eigenvalue weighted by Crippen LogP contribution is -2.43. The number of carbonyl (C=O) groups is 1. The van der Waals surface area contributed by atoms with Gasteiger partial charge >= 0.3 is 5.97 Å². The van der Waals surface area contributed by atoms with Crippen molar-refractivity contribution in [3.8, 4) is 0 Å². The summed E-state index contributed by atoms with van der Waals surface area (Å²) in [6.45, 7) is 0. The van der Waals surface area contributed by atoms with Crippen LogP contribution < -0.4 is 5.32 Å². The summed E-state index contributed by atoms with van der Waals surface area (Å²) >= 11 is 0. The van der Waals surface area contributed by atoms with E-state index in [4.69, 9.17) is 5.11 Å². The Morgan fingerprint density at radius 1 is 1.70 bits per heavy atom. The van der Waals surface area contributed by atoms with Crippen LogP contribution in [0.2, 0.25) is 0 Å². The third kappa shape index (κ3) is 1.29. The topological polar surface area (TPSA) is 49.3 Å². The first kappa shape index (κ1) is 7.54. The van der Waals surface area contributed by atoms with Crippen molar-refractivity contribution in [3.05, 3.63) is 0 Å². The standard InChI is InChI=1S/C7H13NO2/c1-8-6(7(9)10)5-3-2-4-5/h5-6,8H,2-4H2,1H3,(H,9,10). The van der Waals surface area contributed by atoms with Gasteiger partial charge in [0.25, 0.3) is 0 Å². The Balaban J connectivity index is 2.39. The number of carboxylic acid groups (broad SMARTS) is 1. The minimum atomic E-state index is -0.716. The van der Waals surface area contributed by atoms with E-state index in [1.165, 1.54) is 6.42 Å². The lowest BCUT2D eigenvalue weighted by atomic mass is 9.80. The van der Waals surface area contributed by atoms with E-state index in [9.17, 15) is 4.79 Å². The highest BCUT2D eigenvalue weighted by atomic mass is 16.4. The number of carboxylic acids is 1. The van der Waals surface area contributed by atoms with E-state index in [1.807, 2.05) is 0 Å². The summed E-state index contributed by atoms with van der Waals surface area (Å²) in [5, 5.41) is 11.5. The zero-order valence-corrected chi connectivity index (χ0v) is 6.13. The second-order valence-corrected chi connectivity index (χ2v) is 2.80. The zero-order valence-electron chi connectivity index (χ0n) is 6.13. The molecule has 1 unspecified atom stereocenters. The molecular formula is C7H13NO2. The first-order chi connectivity index (χ1) is 4.75. The van der Waals surface area contributed by atoms with E-state index in [1.54, 1.807) is 7.05 Å². The quantitative estimate of drug-likeness (QED) is 0.603. The zero-order chi connectivity index (χ0) is 7.56. The van der Waals surface area contributed by atoms with Crippen LogP contribution in [0.4, 0.5) is 0 Å². The highest BCUT2D eigenvalue weighted by Crippen LogP contribution is 2.29. The molecule has 3 heteroatoms. The molecule has 0 aromatic carbocycles. The van der Waals surface area contributed by atoms with E-state index in [2.05, 4.69) is 5.32 Å². The Morgan fingerprint density at radius 3 is 2.40 bits per heavy atom. The average Bonchev–Trinajstić information content (AvgIpc) is 1.76. The molecule has 1 aliphatic carbocycles. The molecule has 0 heterocycles. The number of rotatable bonds is 3. The maximum absolute atomic E-state index is 10.5. The van der Waals surface area contributed by atoms with Gasteiger partial charge in [-0.25, -0.2) is 0 Å². The van der Waals surface area contributed by atoms with E-state index in [-0.39, 0.29) is 6.04 Å². The molecule has 1 aliphatic rings. The second-order valence-electron chi connectivity index (χ2n) is 2.80. The van der Waals surface area contributed by atoms with Crippen LogP contribution in [0.1, 0.15) is 19.3 Å². The van der Waals surface area contributed by atoms with E-state index in [0.717, 1.165) is 12.8 Å². The molecule has 1 saturated carbocycles. The Hall–Kier alpha value is -0.570. The van der Waals surface area contributed by atoms with Crippen LogP contribution in [-0.2, 0) is 4.79 Å². The summed E-state index contributed by atoms with van der Waals surface area (Å²) in [7, 11) is 1.71. The van der Waals surface area contributed by atoms with Gasteiger partial charge in [-0.3, -0.25) is 4.79 Å². The highest BCUT2D eigenvalue weighted by Gasteiger charge is 2.30. The molecule has 3 nitrogen and oxygen atoms in total. The molecule has 10 heavy (non-hydrogen) atoms. The molecule has 0 aliphatic heterocycles. The summed E-state index contributed by atoms with van der Waals surface area (Å²) in [5.41, 5.74) is 0. The molecule has 0 amide bonds. The molecule has 2 N–H and O–H groups in total. The molecule has 1 rings (SSSR count). The molecule has 0 saturated heterocycles. The first-order valence-corrected chi connectivity index (χ1v) is 3.65. The molecular weight excluding hydrogens is 130 g/mol. The summed E-state index contributed by atoms with van der Waals surface area (Å²) < 4.78 is 0. The Bertz CT molecular complexity index is 132. The maximum Gasteiger partial charge on any atom is 0.320 e. The number of aliphatic carboxylic acids is 1. The van der Waals surface area contributed by atoms with Gasteiger partial charge in [0.1, 0.15) is 6.04 Å². The predicted molar refractivity (Wildman–Crippen MR) is 37.8 cm³/mol. The number of likely N-dealkylation sites (N-methyl/N-ethyl adjacent to an activating group) is 1. The fourth-order valence-corrected chi connectivity index (χ4v) is 1.33. The highest BCUT2D eigenvalue weighted by molar-refractivity contribution is 5.73. The van der Waals surface area contributed by atoms with Gasteiger partial charge in [0.15, 0.2) is 0 Å². The van der Waals surface area contributed by atoms with Gasteiger partial charge in [-0.15, -0.1) is 0 Å². The molecule has 1 fully saturated rings. The predicted octanol–water partition coefficient (Wildman–Crippen LogP) is 0.459. The van der Waals surface area contributed by atoms with E-state index in [0.29, 0.717) is 5.92 Å². The first-order valence-electron chi connectivity index (χ1n) is 3.65. The minimum Gasteiger partial charge on any atom is -0.480 e. The van der Waals surface area contributed by atoms with Crippen molar-refractivity contribution in [2.45, 2.75) is 25.3 Å². The fraction of sp³-hybridized carbons (Fsp3) is 0.857. The van der Waals surface area contributed by atoms with Gasteiger partial charge in [0, 0.05) is 0 Å². The third-order valence-electron chi connectivity index (χ3n) is 2.20. The van der Waals surface area contributed by atoms with Crippen LogP contribution in [0.15, 0.2) is 0 Å². The fourth-order valence-electron chi connectivity index (χ4n) is 1.33. The Kier molecular flexibility index (Phi) is 2.27. The molecule has 0 spiro atoms. The van der Waals surface area contributed by atoms with Crippen molar-refractivity contribution in [1.29, 1.82) is 0 Å². The van der Waals surface area contributed by atoms with E-state index < -0.39 is 5.97 Å². The second kappa shape index (κ2) is 3.01. The maximum atomic E-state index is 10.5. The smallest absolute Gasteiger partial charge is 0.320 e.